The monoisotopic (exact) mass is 178 g/mol. The topological polar surface area (TPSA) is 29.5 Å². The van der Waals surface area contributed by atoms with Crippen LogP contribution in [0.2, 0.25) is 0 Å². The van der Waals surface area contributed by atoms with Crippen LogP contribution in [0.5, 0.6) is 0 Å². The first-order valence-corrected chi connectivity index (χ1v) is 4.70. The molecule has 1 aromatic carbocycles. The van der Waals surface area contributed by atoms with Gasteiger partial charge in [0.05, 0.1) is 6.61 Å². The molecular weight excluding hydrogens is 164 g/mol. The molecule has 1 aliphatic rings. The van der Waals surface area contributed by atoms with Gasteiger partial charge in [0.2, 0.25) is 0 Å². The summed E-state index contributed by atoms with van der Waals surface area (Å²) >= 11 is 0. The maximum absolute atomic E-state index is 9.43. The van der Waals surface area contributed by atoms with Gasteiger partial charge in [0, 0.05) is 5.92 Å². The van der Waals surface area contributed by atoms with Gasteiger partial charge in [-0.15, -0.1) is 0 Å². The molecule has 0 aliphatic carbocycles. The molecule has 70 valence electrons. The second-order valence-corrected chi connectivity index (χ2v) is 3.50. The van der Waals surface area contributed by atoms with Gasteiger partial charge < -0.3 is 9.84 Å². The van der Waals surface area contributed by atoms with Crippen LogP contribution in [0.15, 0.2) is 30.3 Å². The summed E-state index contributed by atoms with van der Waals surface area (Å²) in [5, 5.41) is 9.43. The first-order valence-electron chi connectivity index (χ1n) is 4.70. The van der Waals surface area contributed by atoms with Crippen molar-refractivity contribution < 1.29 is 9.84 Å². The first kappa shape index (κ1) is 8.73. The minimum Gasteiger partial charge on any atom is -0.368 e. The summed E-state index contributed by atoms with van der Waals surface area (Å²) < 4.78 is 5.09. The molecule has 0 unspecified atom stereocenters. The summed E-state index contributed by atoms with van der Waals surface area (Å²) in [6.07, 6.45) is 1.33. The molecule has 1 N–H and O–H groups in total. The molecule has 0 bridgehead atoms. The second kappa shape index (κ2) is 3.90. The van der Waals surface area contributed by atoms with Crippen molar-refractivity contribution in [1.29, 1.82) is 0 Å². The number of aliphatic hydroxyl groups is 1. The van der Waals surface area contributed by atoms with Crippen molar-refractivity contribution in [1.82, 2.24) is 0 Å². The summed E-state index contributed by atoms with van der Waals surface area (Å²) in [5.41, 5.74) is 1.28. The van der Waals surface area contributed by atoms with Crippen LogP contribution < -0.4 is 0 Å². The Morgan fingerprint density at radius 2 is 2.08 bits per heavy atom. The van der Waals surface area contributed by atoms with E-state index in [1.54, 1.807) is 0 Å². The zero-order valence-corrected chi connectivity index (χ0v) is 7.52. The third-order valence-corrected chi connectivity index (χ3v) is 2.52. The largest absolute Gasteiger partial charge is 0.368 e. The minimum atomic E-state index is -0.555. The number of ether oxygens (including phenoxy) is 1. The van der Waals surface area contributed by atoms with Crippen molar-refractivity contribution >= 4 is 0 Å². The lowest BCUT2D eigenvalue weighted by Gasteiger charge is -2.12. The van der Waals surface area contributed by atoms with E-state index in [1.165, 1.54) is 5.56 Å². The molecule has 1 fully saturated rings. The van der Waals surface area contributed by atoms with Crippen LogP contribution in [-0.2, 0) is 11.2 Å². The molecule has 1 saturated heterocycles. The summed E-state index contributed by atoms with van der Waals surface area (Å²) in [6.45, 7) is 0.693. The third-order valence-electron chi connectivity index (χ3n) is 2.52. The van der Waals surface area contributed by atoms with Crippen molar-refractivity contribution in [3.8, 4) is 0 Å². The summed E-state index contributed by atoms with van der Waals surface area (Å²) in [4.78, 5) is 0. The van der Waals surface area contributed by atoms with E-state index in [2.05, 4.69) is 12.1 Å². The van der Waals surface area contributed by atoms with Gasteiger partial charge in [0.15, 0.2) is 6.29 Å². The first-order chi connectivity index (χ1) is 6.36. The average molecular weight is 178 g/mol. The van der Waals surface area contributed by atoms with Crippen molar-refractivity contribution in [2.24, 2.45) is 5.92 Å². The maximum Gasteiger partial charge on any atom is 0.157 e. The van der Waals surface area contributed by atoms with Gasteiger partial charge in [-0.1, -0.05) is 30.3 Å². The summed E-state index contributed by atoms with van der Waals surface area (Å²) in [5.74, 6) is 0.280. The molecule has 1 aliphatic heterocycles. The second-order valence-electron chi connectivity index (χ2n) is 3.50. The lowest BCUT2D eigenvalue weighted by Crippen LogP contribution is -2.16. The zero-order valence-electron chi connectivity index (χ0n) is 7.52. The predicted octanol–water partition coefficient (Wildman–Crippen LogP) is 1.58. The molecule has 0 spiro atoms. The van der Waals surface area contributed by atoms with Crippen LogP contribution >= 0.6 is 0 Å². The van der Waals surface area contributed by atoms with E-state index in [0.717, 1.165) is 12.8 Å². The third kappa shape index (κ3) is 2.08. The molecule has 13 heavy (non-hydrogen) atoms. The Balaban J connectivity index is 1.98. The van der Waals surface area contributed by atoms with Crippen LogP contribution in [0.3, 0.4) is 0 Å². The van der Waals surface area contributed by atoms with Crippen LogP contribution in [0.25, 0.3) is 0 Å². The van der Waals surface area contributed by atoms with Gasteiger partial charge in [-0.3, -0.25) is 0 Å². The van der Waals surface area contributed by atoms with Crippen LogP contribution in [0.1, 0.15) is 12.0 Å². The lowest BCUT2D eigenvalue weighted by atomic mass is 9.98. The van der Waals surface area contributed by atoms with Gasteiger partial charge in [-0.05, 0) is 18.4 Å². The Labute approximate surface area is 78.2 Å². The van der Waals surface area contributed by atoms with E-state index in [0.29, 0.717) is 6.61 Å². The molecule has 0 aromatic heterocycles. The molecule has 1 heterocycles. The van der Waals surface area contributed by atoms with Crippen molar-refractivity contribution in [3.05, 3.63) is 35.9 Å². The molecule has 0 amide bonds. The number of benzene rings is 1. The molecular formula is C11H14O2. The Morgan fingerprint density at radius 3 is 2.69 bits per heavy atom. The molecule has 2 atom stereocenters. The Hall–Kier alpha value is -0.860. The van der Waals surface area contributed by atoms with Gasteiger partial charge in [0.25, 0.3) is 0 Å². The van der Waals surface area contributed by atoms with E-state index in [4.69, 9.17) is 4.74 Å². The Kier molecular flexibility index (Phi) is 2.62. The highest BCUT2D eigenvalue weighted by atomic mass is 16.6. The number of rotatable bonds is 2. The van der Waals surface area contributed by atoms with E-state index in [1.807, 2.05) is 18.2 Å². The number of aliphatic hydroxyl groups excluding tert-OH is 1. The van der Waals surface area contributed by atoms with Crippen LogP contribution in [0.4, 0.5) is 0 Å². The molecule has 2 nitrogen and oxygen atoms in total. The normalized spacial score (nSPS) is 27.8. The molecule has 1 aromatic rings. The standard InChI is InChI=1S/C11H14O2/c12-11-10(6-7-13-11)8-9-4-2-1-3-5-9/h1-5,10-12H,6-8H2/t10-,11+/m1/s1. The van der Waals surface area contributed by atoms with Gasteiger partial charge in [-0.25, -0.2) is 0 Å². The average Bonchev–Trinajstić information content (AvgIpc) is 2.54. The molecule has 2 heteroatoms. The molecule has 2 rings (SSSR count). The van der Waals surface area contributed by atoms with Gasteiger partial charge in [0.1, 0.15) is 0 Å². The fourth-order valence-electron chi connectivity index (χ4n) is 1.74. The quantitative estimate of drug-likeness (QED) is 0.745. The van der Waals surface area contributed by atoms with E-state index >= 15 is 0 Å². The van der Waals surface area contributed by atoms with Crippen molar-refractivity contribution in [3.63, 3.8) is 0 Å². The van der Waals surface area contributed by atoms with Crippen molar-refractivity contribution in [2.75, 3.05) is 6.61 Å². The molecule has 0 saturated carbocycles. The fourth-order valence-corrected chi connectivity index (χ4v) is 1.74. The lowest BCUT2D eigenvalue weighted by molar-refractivity contribution is -0.0818. The van der Waals surface area contributed by atoms with E-state index in [-0.39, 0.29) is 5.92 Å². The zero-order chi connectivity index (χ0) is 9.10. The highest BCUT2D eigenvalue weighted by Gasteiger charge is 2.25. The SMILES string of the molecule is O[C@H]1OCC[C@@H]1Cc1ccccc1. The predicted molar refractivity (Wildman–Crippen MR) is 50.2 cm³/mol. The fraction of sp³-hybridized carbons (Fsp3) is 0.455. The van der Waals surface area contributed by atoms with E-state index < -0.39 is 6.29 Å². The van der Waals surface area contributed by atoms with E-state index in [9.17, 15) is 5.11 Å². The highest BCUT2D eigenvalue weighted by molar-refractivity contribution is 5.15. The number of hydrogen-bond donors (Lipinski definition) is 1. The van der Waals surface area contributed by atoms with Gasteiger partial charge >= 0.3 is 0 Å². The van der Waals surface area contributed by atoms with Crippen LogP contribution in [-0.4, -0.2) is 18.0 Å². The molecule has 0 radical (unpaired) electrons. The minimum absolute atomic E-state index is 0.280. The summed E-state index contributed by atoms with van der Waals surface area (Å²) in [6, 6.07) is 10.2. The number of hydrogen-bond acceptors (Lipinski definition) is 2. The maximum atomic E-state index is 9.43. The highest BCUT2D eigenvalue weighted by Crippen LogP contribution is 2.22. The Bertz CT molecular complexity index is 258. The Morgan fingerprint density at radius 1 is 1.31 bits per heavy atom. The summed E-state index contributed by atoms with van der Waals surface area (Å²) in [7, 11) is 0. The smallest absolute Gasteiger partial charge is 0.157 e. The van der Waals surface area contributed by atoms with Crippen molar-refractivity contribution in [2.45, 2.75) is 19.1 Å². The van der Waals surface area contributed by atoms with Gasteiger partial charge in [-0.2, -0.15) is 0 Å². The van der Waals surface area contributed by atoms with Crippen LogP contribution in [0, 0.1) is 5.92 Å².